The fourth-order valence-electron chi connectivity index (χ4n) is 1.92. The van der Waals surface area contributed by atoms with Crippen LogP contribution in [0.25, 0.3) is 5.57 Å². The number of aryl methyl sites for hydroxylation is 1. The highest BCUT2D eigenvalue weighted by atomic mass is 14.6. The topological polar surface area (TPSA) is 26.0 Å². The van der Waals surface area contributed by atoms with Crippen LogP contribution in [0.15, 0.2) is 24.8 Å². The number of hydrogen-bond acceptors (Lipinski definition) is 1. The Balaban J connectivity index is 0.000000711. The summed E-state index contributed by atoms with van der Waals surface area (Å²) in [6, 6.07) is 6.75. The number of nitrogens with two attached hydrogens (primary N) is 1. The molecule has 1 aromatic rings. The van der Waals surface area contributed by atoms with Crippen LogP contribution in [-0.2, 0) is 6.42 Å². The molecule has 0 bridgehead atoms. The molecule has 1 aliphatic carbocycles. The minimum absolute atomic E-state index is 0. The maximum atomic E-state index is 5.95. The largest absolute Gasteiger partial charge is 0.324 e. The number of hydrogen-bond donors (Lipinski definition) is 1. The van der Waals surface area contributed by atoms with Gasteiger partial charge in [0.25, 0.3) is 0 Å². The van der Waals surface area contributed by atoms with Crippen LogP contribution in [0.4, 0.5) is 0 Å². The molecule has 0 spiro atoms. The predicted molar refractivity (Wildman–Crippen MR) is 69.9 cm³/mol. The lowest BCUT2D eigenvalue weighted by Gasteiger charge is -2.06. The van der Waals surface area contributed by atoms with E-state index >= 15 is 0 Å². The van der Waals surface area contributed by atoms with Gasteiger partial charge in [0, 0.05) is 7.47 Å². The van der Waals surface area contributed by atoms with Crippen molar-refractivity contribution in [3.8, 4) is 0 Å². The summed E-state index contributed by atoms with van der Waals surface area (Å²) in [6.45, 7) is 9.98. The molecule has 0 fully saturated rings. The molecule has 0 aromatic heterocycles. The second-order valence-corrected chi connectivity index (χ2v) is 3.84. The van der Waals surface area contributed by atoms with E-state index in [1.165, 1.54) is 16.7 Å². The molecule has 0 unspecified atom stereocenters. The van der Waals surface area contributed by atoms with Gasteiger partial charge in [-0.25, -0.2) is 0 Å². The average molecular weight is 205 g/mol. The third-order valence-electron chi connectivity index (χ3n) is 2.76. The molecule has 1 aromatic carbocycles. The van der Waals surface area contributed by atoms with Crippen molar-refractivity contribution < 1.29 is 1.43 Å². The zero-order chi connectivity index (χ0) is 11.4. The second kappa shape index (κ2) is 5.13. The average Bonchev–Trinajstić information content (AvgIpc) is 2.63. The molecule has 2 N–H and O–H groups in total. The van der Waals surface area contributed by atoms with Gasteiger partial charge in [-0.15, -0.1) is 0 Å². The summed E-state index contributed by atoms with van der Waals surface area (Å²) < 4.78 is 0. The number of allylic oxidation sites excluding steroid dienone is 1. The van der Waals surface area contributed by atoms with Crippen LogP contribution in [0, 0.1) is 0 Å². The summed E-state index contributed by atoms with van der Waals surface area (Å²) in [5, 5.41) is 0. The molecule has 0 aliphatic heterocycles. The molecule has 1 heteroatoms. The first-order valence-electron chi connectivity index (χ1n) is 5.73. The van der Waals surface area contributed by atoms with Crippen LogP contribution in [0.1, 0.15) is 51.4 Å². The zero-order valence-corrected chi connectivity index (χ0v) is 10.0. The molecule has 0 saturated heterocycles. The Hall–Kier alpha value is -1.08. The zero-order valence-electron chi connectivity index (χ0n) is 10.0. The lowest BCUT2D eigenvalue weighted by molar-refractivity contribution is 0.713. The fraction of sp³-hybridized carbons (Fsp3) is 0.429. The van der Waals surface area contributed by atoms with Gasteiger partial charge in [0.15, 0.2) is 0 Å². The molecular formula is C14H23N. The second-order valence-electron chi connectivity index (χ2n) is 3.84. The van der Waals surface area contributed by atoms with Crippen molar-refractivity contribution in [1.29, 1.82) is 0 Å². The lowest BCUT2D eigenvalue weighted by Crippen LogP contribution is -2.04. The highest BCUT2D eigenvalue weighted by Crippen LogP contribution is 2.30. The van der Waals surface area contributed by atoms with Crippen molar-refractivity contribution >= 4 is 5.57 Å². The number of rotatable bonds is 1. The lowest BCUT2D eigenvalue weighted by atomic mass is 10.0. The number of fused-ring (bicyclic) bond motifs is 1. The summed E-state index contributed by atoms with van der Waals surface area (Å²) in [7, 11) is 0. The van der Waals surface area contributed by atoms with Crippen molar-refractivity contribution in [3.63, 3.8) is 0 Å². The Morgan fingerprint density at radius 3 is 2.73 bits per heavy atom. The van der Waals surface area contributed by atoms with E-state index < -0.39 is 0 Å². The third kappa shape index (κ3) is 2.48. The van der Waals surface area contributed by atoms with Gasteiger partial charge in [-0.1, -0.05) is 44.2 Å². The van der Waals surface area contributed by atoms with Gasteiger partial charge in [-0.05, 0) is 36.5 Å². The van der Waals surface area contributed by atoms with Crippen LogP contribution in [-0.4, -0.2) is 0 Å². The van der Waals surface area contributed by atoms with Gasteiger partial charge >= 0.3 is 0 Å². The molecule has 1 atom stereocenters. The summed E-state index contributed by atoms with van der Waals surface area (Å²) in [6.07, 6.45) is 2.21. The van der Waals surface area contributed by atoms with E-state index in [0.717, 1.165) is 18.4 Å². The van der Waals surface area contributed by atoms with E-state index in [-0.39, 0.29) is 7.47 Å². The molecule has 1 aliphatic rings. The van der Waals surface area contributed by atoms with Gasteiger partial charge in [0.2, 0.25) is 0 Å². The van der Waals surface area contributed by atoms with E-state index in [2.05, 4.69) is 24.8 Å². The summed E-state index contributed by atoms with van der Waals surface area (Å²) in [5.41, 5.74) is 11.1. The first kappa shape index (κ1) is 12.0. The molecule has 0 saturated carbocycles. The molecule has 0 heterocycles. The Bertz CT molecular complexity index is 358. The van der Waals surface area contributed by atoms with Crippen molar-refractivity contribution in [1.82, 2.24) is 0 Å². The van der Waals surface area contributed by atoms with Crippen LogP contribution >= 0.6 is 0 Å². The highest BCUT2D eigenvalue weighted by Gasteiger charge is 2.18. The normalized spacial score (nSPS) is 17.7. The van der Waals surface area contributed by atoms with E-state index in [0.29, 0.717) is 0 Å². The monoisotopic (exact) mass is 205 g/mol. The van der Waals surface area contributed by atoms with E-state index in [4.69, 9.17) is 5.73 Å². The van der Waals surface area contributed by atoms with Gasteiger partial charge in [-0.3, -0.25) is 0 Å². The molecular weight excluding hydrogens is 182 g/mol. The third-order valence-corrected chi connectivity index (χ3v) is 2.76. The first-order chi connectivity index (χ1) is 7.18. The van der Waals surface area contributed by atoms with Crippen molar-refractivity contribution in [2.24, 2.45) is 5.73 Å². The Labute approximate surface area is 94.5 Å². The Kier molecular flexibility index (Phi) is 4.10. The standard InChI is InChI=1S/C12H15N.C2H6.H2/c1-8(2)9-3-5-11-10(7-9)4-6-12(11)13;1-2;/h3,5,7,12H,1,4,6,13H2,2H3;1-2H3;1H/t12-;;/m0../s1. The Morgan fingerprint density at radius 1 is 1.47 bits per heavy atom. The molecule has 2 rings (SSSR count). The number of benzene rings is 1. The molecule has 0 radical (unpaired) electrons. The van der Waals surface area contributed by atoms with Gasteiger partial charge in [0.1, 0.15) is 0 Å². The smallest absolute Gasteiger partial charge is 0.0300 e. The SMILES string of the molecule is C=C(C)c1ccc2c(c1)CC[C@@H]2N.CC.[HH]. The van der Waals surface area contributed by atoms with E-state index in [9.17, 15) is 0 Å². The summed E-state index contributed by atoms with van der Waals surface area (Å²) in [4.78, 5) is 0. The van der Waals surface area contributed by atoms with Crippen molar-refractivity contribution in [2.75, 3.05) is 0 Å². The molecule has 84 valence electrons. The van der Waals surface area contributed by atoms with E-state index in [1.807, 2.05) is 20.8 Å². The van der Waals surface area contributed by atoms with Crippen LogP contribution in [0.3, 0.4) is 0 Å². The minimum atomic E-state index is 0. The maximum Gasteiger partial charge on any atom is 0.0300 e. The Morgan fingerprint density at radius 2 is 2.13 bits per heavy atom. The van der Waals surface area contributed by atoms with Crippen LogP contribution in [0.5, 0.6) is 0 Å². The highest BCUT2D eigenvalue weighted by molar-refractivity contribution is 5.63. The minimum Gasteiger partial charge on any atom is -0.324 e. The van der Waals surface area contributed by atoms with Gasteiger partial charge in [-0.2, -0.15) is 0 Å². The summed E-state index contributed by atoms with van der Waals surface area (Å²) in [5.74, 6) is 0. The quantitative estimate of drug-likeness (QED) is 0.738. The fourth-order valence-corrected chi connectivity index (χ4v) is 1.92. The predicted octanol–water partition coefficient (Wildman–Crippen LogP) is 3.94. The molecule has 15 heavy (non-hydrogen) atoms. The van der Waals surface area contributed by atoms with Gasteiger partial charge in [0.05, 0.1) is 0 Å². The summed E-state index contributed by atoms with van der Waals surface area (Å²) >= 11 is 0. The van der Waals surface area contributed by atoms with Crippen LogP contribution in [0.2, 0.25) is 0 Å². The van der Waals surface area contributed by atoms with Crippen LogP contribution < -0.4 is 5.73 Å². The molecule has 0 amide bonds. The molecule has 1 nitrogen and oxygen atoms in total. The maximum absolute atomic E-state index is 5.95. The van der Waals surface area contributed by atoms with Crippen molar-refractivity contribution in [2.45, 2.75) is 39.7 Å². The van der Waals surface area contributed by atoms with Gasteiger partial charge < -0.3 is 5.73 Å². The van der Waals surface area contributed by atoms with E-state index in [1.54, 1.807) is 0 Å². The first-order valence-corrected chi connectivity index (χ1v) is 5.73. The van der Waals surface area contributed by atoms with Crippen molar-refractivity contribution in [3.05, 3.63) is 41.5 Å².